The predicted molar refractivity (Wildman–Crippen MR) is 82.7 cm³/mol. The molecule has 1 aliphatic carbocycles. The van der Waals surface area contributed by atoms with Crippen LogP contribution in [0.1, 0.15) is 50.6 Å². The lowest BCUT2D eigenvalue weighted by atomic mass is 9.71. The molecule has 1 heterocycles. The van der Waals surface area contributed by atoms with E-state index in [-0.39, 0.29) is 11.9 Å². The number of fused-ring (bicyclic) bond motifs is 1. The van der Waals surface area contributed by atoms with E-state index in [1.807, 2.05) is 13.0 Å². The van der Waals surface area contributed by atoms with E-state index in [2.05, 4.69) is 4.90 Å². The Morgan fingerprint density at radius 1 is 1.38 bits per heavy atom. The molecule has 1 aromatic rings. The normalized spacial score (nSPS) is 30.9. The van der Waals surface area contributed by atoms with Crippen LogP contribution in [0.2, 0.25) is 0 Å². The largest absolute Gasteiger partial charge is 0.389 e. The van der Waals surface area contributed by atoms with Crippen molar-refractivity contribution < 1.29 is 9.50 Å². The van der Waals surface area contributed by atoms with Gasteiger partial charge in [-0.05, 0) is 49.9 Å². The molecule has 1 aromatic carbocycles. The van der Waals surface area contributed by atoms with E-state index in [0.29, 0.717) is 5.92 Å². The number of nitrogens with two attached hydrogens (primary N) is 1. The quantitative estimate of drug-likeness (QED) is 0.881. The molecule has 0 spiro atoms. The Kier molecular flexibility index (Phi) is 3.93. The van der Waals surface area contributed by atoms with Gasteiger partial charge in [-0.15, -0.1) is 0 Å². The maximum Gasteiger partial charge on any atom is 0.123 e. The molecular formula is C17H25FN2O. The Morgan fingerprint density at radius 2 is 2.19 bits per heavy atom. The zero-order valence-corrected chi connectivity index (χ0v) is 12.7. The van der Waals surface area contributed by atoms with Gasteiger partial charge in [-0.3, -0.25) is 0 Å². The fourth-order valence-electron chi connectivity index (χ4n) is 3.97. The van der Waals surface area contributed by atoms with Crippen LogP contribution >= 0.6 is 0 Å². The molecule has 21 heavy (non-hydrogen) atoms. The molecule has 0 bridgehead atoms. The zero-order valence-electron chi connectivity index (χ0n) is 12.7. The Bertz CT molecular complexity index is 520. The van der Waals surface area contributed by atoms with Crippen LogP contribution in [-0.4, -0.2) is 23.8 Å². The number of piperidine rings is 1. The maximum absolute atomic E-state index is 13.5. The van der Waals surface area contributed by atoms with Crippen molar-refractivity contribution in [1.29, 1.82) is 0 Å². The van der Waals surface area contributed by atoms with E-state index in [9.17, 15) is 9.50 Å². The monoisotopic (exact) mass is 292 g/mol. The summed E-state index contributed by atoms with van der Waals surface area (Å²) < 4.78 is 13.5. The first-order valence-electron chi connectivity index (χ1n) is 8.02. The number of nitrogens with zero attached hydrogens (tertiary/aromatic N) is 1. The van der Waals surface area contributed by atoms with Crippen molar-refractivity contribution >= 4 is 5.69 Å². The SMILES string of the molecule is C[C@@H](N)c1cc(F)ccc1N1CCC2(O)CCCCC2C1. The van der Waals surface area contributed by atoms with Gasteiger partial charge >= 0.3 is 0 Å². The topological polar surface area (TPSA) is 49.5 Å². The minimum atomic E-state index is -0.483. The first kappa shape index (κ1) is 14.8. The fourth-order valence-corrected chi connectivity index (χ4v) is 3.97. The maximum atomic E-state index is 13.5. The number of aliphatic hydroxyl groups is 1. The second-order valence-electron chi connectivity index (χ2n) is 6.73. The van der Waals surface area contributed by atoms with Crippen LogP contribution < -0.4 is 10.6 Å². The van der Waals surface area contributed by atoms with E-state index >= 15 is 0 Å². The van der Waals surface area contributed by atoms with Crippen molar-refractivity contribution in [2.45, 2.75) is 50.7 Å². The summed E-state index contributed by atoms with van der Waals surface area (Å²) in [5, 5.41) is 10.8. The lowest BCUT2D eigenvalue weighted by molar-refractivity contribution is -0.0612. The van der Waals surface area contributed by atoms with Gasteiger partial charge in [0.25, 0.3) is 0 Å². The highest BCUT2D eigenvalue weighted by atomic mass is 19.1. The third kappa shape index (κ3) is 2.79. The van der Waals surface area contributed by atoms with E-state index in [1.54, 1.807) is 6.07 Å². The highest BCUT2D eigenvalue weighted by Gasteiger charge is 2.43. The molecule has 3 N–H and O–H groups in total. The molecule has 2 unspecified atom stereocenters. The van der Waals surface area contributed by atoms with Gasteiger partial charge in [0.1, 0.15) is 5.82 Å². The number of hydrogen-bond acceptors (Lipinski definition) is 3. The van der Waals surface area contributed by atoms with Crippen LogP contribution in [-0.2, 0) is 0 Å². The number of benzene rings is 1. The third-order valence-electron chi connectivity index (χ3n) is 5.25. The van der Waals surface area contributed by atoms with Crippen LogP contribution in [0.4, 0.5) is 10.1 Å². The van der Waals surface area contributed by atoms with Gasteiger partial charge in [0.2, 0.25) is 0 Å². The molecule has 2 aliphatic rings. The molecule has 3 nitrogen and oxygen atoms in total. The molecule has 1 saturated carbocycles. The van der Waals surface area contributed by atoms with Crippen LogP contribution in [0.3, 0.4) is 0 Å². The Labute approximate surface area is 125 Å². The molecule has 1 aliphatic heterocycles. The highest BCUT2D eigenvalue weighted by Crippen LogP contribution is 2.41. The fraction of sp³-hybridized carbons (Fsp3) is 0.647. The second kappa shape index (κ2) is 5.58. The van der Waals surface area contributed by atoms with Crippen LogP contribution in [0, 0.1) is 11.7 Å². The number of hydrogen-bond donors (Lipinski definition) is 2. The molecular weight excluding hydrogens is 267 g/mol. The van der Waals surface area contributed by atoms with Crippen molar-refractivity contribution in [3.05, 3.63) is 29.6 Å². The molecule has 0 radical (unpaired) electrons. The summed E-state index contributed by atoms with van der Waals surface area (Å²) in [6, 6.07) is 4.69. The first-order chi connectivity index (χ1) is 9.99. The summed E-state index contributed by atoms with van der Waals surface area (Å²) in [4.78, 5) is 2.28. The molecule has 2 fully saturated rings. The van der Waals surface area contributed by atoms with Crippen molar-refractivity contribution in [1.82, 2.24) is 0 Å². The van der Waals surface area contributed by atoms with E-state index < -0.39 is 5.60 Å². The van der Waals surface area contributed by atoms with Gasteiger partial charge in [-0.25, -0.2) is 4.39 Å². The Morgan fingerprint density at radius 3 is 2.95 bits per heavy atom. The first-order valence-corrected chi connectivity index (χ1v) is 8.02. The lowest BCUT2D eigenvalue weighted by Gasteiger charge is -2.48. The number of rotatable bonds is 2. The van der Waals surface area contributed by atoms with Gasteiger partial charge in [-0.1, -0.05) is 12.8 Å². The summed E-state index contributed by atoms with van der Waals surface area (Å²) in [6.07, 6.45) is 5.14. The van der Waals surface area contributed by atoms with E-state index in [0.717, 1.165) is 50.0 Å². The summed E-state index contributed by atoms with van der Waals surface area (Å²) in [5.41, 5.74) is 7.41. The van der Waals surface area contributed by atoms with Crippen LogP contribution in [0.5, 0.6) is 0 Å². The van der Waals surface area contributed by atoms with Crippen molar-refractivity contribution in [2.24, 2.45) is 11.7 Å². The minimum Gasteiger partial charge on any atom is -0.389 e. The molecule has 0 amide bonds. The van der Waals surface area contributed by atoms with Crippen molar-refractivity contribution in [3.8, 4) is 0 Å². The predicted octanol–water partition coefficient (Wildman–Crippen LogP) is 2.98. The summed E-state index contributed by atoms with van der Waals surface area (Å²) >= 11 is 0. The Hall–Kier alpha value is -1.13. The summed E-state index contributed by atoms with van der Waals surface area (Å²) in [6.45, 7) is 3.55. The van der Waals surface area contributed by atoms with Gasteiger partial charge in [0.05, 0.1) is 5.60 Å². The summed E-state index contributed by atoms with van der Waals surface area (Å²) in [5.74, 6) is 0.0863. The number of halogens is 1. The van der Waals surface area contributed by atoms with Crippen molar-refractivity contribution in [3.63, 3.8) is 0 Å². The zero-order chi connectivity index (χ0) is 15.0. The Balaban J connectivity index is 1.85. The summed E-state index contributed by atoms with van der Waals surface area (Å²) in [7, 11) is 0. The highest BCUT2D eigenvalue weighted by molar-refractivity contribution is 5.55. The molecule has 3 atom stereocenters. The van der Waals surface area contributed by atoms with Crippen LogP contribution in [0.15, 0.2) is 18.2 Å². The second-order valence-corrected chi connectivity index (χ2v) is 6.73. The standard InChI is InChI=1S/C17H25FN2O/c1-12(19)15-10-14(18)5-6-16(15)20-9-8-17(21)7-3-2-4-13(17)11-20/h5-6,10,12-13,21H,2-4,7-9,11,19H2,1H3/t12-,13?,17?/m1/s1. The van der Waals surface area contributed by atoms with Gasteiger partial charge in [0.15, 0.2) is 0 Å². The van der Waals surface area contributed by atoms with Gasteiger partial charge < -0.3 is 15.7 Å². The molecule has 1 saturated heterocycles. The lowest BCUT2D eigenvalue weighted by Crippen LogP contribution is -2.53. The van der Waals surface area contributed by atoms with Crippen LogP contribution in [0.25, 0.3) is 0 Å². The third-order valence-corrected chi connectivity index (χ3v) is 5.25. The van der Waals surface area contributed by atoms with E-state index in [4.69, 9.17) is 5.73 Å². The smallest absolute Gasteiger partial charge is 0.123 e. The van der Waals surface area contributed by atoms with Gasteiger partial charge in [0, 0.05) is 30.7 Å². The average molecular weight is 292 g/mol. The molecule has 116 valence electrons. The van der Waals surface area contributed by atoms with Crippen molar-refractivity contribution in [2.75, 3.05) is 18.0 Å². The average Bonchev–Trinajstić information content (AvgIpc) is 2.46. The van der Waals surface area contributed by atoms with Gasteiger partial charge in [-0.2, -0.15) is 0 Å². The molecule has 4 heteroatoms. The van der Waals surface area contributed by atoms with E-state index in [1.165, 1.54) is 12.5 Å². The minimum absolute atomic E-state index is 0.192. The number of anilines is 1. The molecule has 0 aromatic heterocycles. The molecule has 3 rings (SSSR count).